The topological polar surface area (TPSA) is 76.6 Å². The summed E-state index contributed by atoms with van der Waals surface area (Å²) in [6.45, 7) is 0.336. The number of aliphatic imine (C=N–C) groups is 1. The van der Waals surface area contributed by atoms with Gasteiger partial charge in [0.15, 0.2) is 0 Å². The second-order valence-corrected chi connectivity index (χ2v) is 4.98. The third kappa shape index (κ3) is 3.05. The zero-order valence-corrected chi connectivity index (χ0v) is 12.3. The summed E-state index contributed by atoms with van der Waals surface area (Å²) in [5, 5.41) is 10.5. The number of benzene rings is 1. The van der Waals surface area contributed by atoms with Crippen LogP contribution in [0, 0.1) is 0 Å². The Balaban J connectivity index is 2.32. The van der Waals surface area contributed by atoms with Crippen LogP contribution in [-0.2, 0) is 20.6 Å². The Morgan fingerprint density at radius 3 is 2.43 bits per heavy atom. The van der Waals surface area contributed by atoms with E-state index in [4.69, 9.17) is 11.6 Å². The molecule has 1 heterocycles. The molecule has 0 aliphatic heterocycles. The third-order valence-electron chi connectivity index (χ3n) is 3.08. The summed E-state index contributed by atoms with van der Waals surface area (Å²) >= 11 is 5.78. The monoisotopic (exact) mass is 307 g/mol. The van der Waals surface area contributed by atoms with Crippen molar-refractivity contribution in [2.45, 2.75) is 6.54 Å². The van der Waals surface area contributed by atoms with Crippen molar-refractivity contribution in [3.63, 3.8) is 0 Å². The van der Waals surface area contributed by atoms with E-state index < -0.39 is 17.1 Å². The number of nitrogens with zero attached hydrogens (tertiary/aromatic N) is 3. The maximum Gasteiger partial charge on any atom is 0.333 e. The molecule has 0 aliphatic carbocycles. The number of halogens is 1. The van der Waals surface area contributed by atoms with Crippen molar-refractivity contribution in [1.82, 2.24) is 9.13 Å². The number of hydrogen-bond acceptors (Lipinski definition) is 4. The van der Waals surface area contributed by atoms with Gasteiger partial charge in [0.2, 0.25) is 5.88 Å². The van der Waals surface area contributed by atoms with E-state index in [1.165, 1.54) is 20.3 Å². The van der Waals surface area contributed by atoms with Gasteiger partial charge in [0.25, 0.3) is 5.56 Å². The molecule has 0 bridgehead atoms. The Labute approximate surface area is 125 Å². The van der Waals surface area contributed by atoms with Crippen LogP contribution in [0.2, 0.25) is 5.02 Å². The molecule has 2 aromatic rings. The third-order valence-corrected chi connectivity index (χ3v) is 3.33. The van der Waals surface area contributed by atoms with Crippen molar-refractivity contribution in [3.8, 4) is 5.88 Å². The first-order chi connectivity index (χ1) is 9.91. The summed E-state index contributed by atoms with van der Waals surface area (Å²) in [6, 6.07) is 7.13. The van der Waals surface area contributed by atoms with Crippen LogP contribution in [0.15, 0.2) is 38.8 Å². The fraction of sp³-hybridized carbons (Fsp3) is 0.214. The molecule has 1 N–H and O–H groups in total. The highest BCUT2D eigenvalue weighted by atomic mass is 35.5. The largest absolute Gasteiger partial charge is 0.494 e. The lowest BCUT2D eigenvalue weighted by Gasteiger charge is -2.07. The van der Waals surface area contributed by atoms with Crippen LogP contribution in [0.5, 0.6) is 5.88 Å². The van der Waals surface area contributed by atoms with Crippen molar-refractivity contribution < 1.29 is 5.11 Å². The highest BCUT2D eigenvalue weighted by Gasteiger charge is 2.12. The molecule has 0 saturated heterocycles. The van der Waals surface area contributed by atoms with Crippen LogP contribution in [0.25, 0.3) is 0 Å². The number of aromatic hydroxyl groups is 1. The maximum absolute atomic E-state index is 11.9. The van der Waals surface area contributed by atoms with Crippen molar-refractivity contribution in [1.29, 1.82) is 0 Å². The molecule has 0 radical (unpaired) electrons. The number of rotatable bonds is 3. The second-order valence-electron chi connectivity index (χ2n) is 4.54. The molecule has 0 saturated carbocycles. The summed E-state index contributed by atoms with van der Waals surface area (Å²) in [7, 11) is 2.73. The fourth-order valence-electron chi connectivity index (χ4n) is 1.80. The molecule has 1 aromatic carbocycles. The summed E-state index contributed by atoms with van der Waals surface area (Å²) in [4.78, 5) is 27.6. The predicted molar refractivity (Wildman–Crippen MR) is 81.3 cm³/mol. The van der Waals surface area contributed by atoms with Gasteiger partial charge in [0, 0.05) is 25.3 Å². The lowest BCUT2D eigenvalue weighted by Crippen LogP contribution is -2.38. The smallest absolute Gasteiger partial charge is 0.333 e. The van der Waals surface area contributed by atoms with Crippen molar-refractivity contribution >= 4 is 17.8 Å². The van der Waals surface area contributed by atoms with Gasteiger partial charge >= 0.3 is 5.69 Å². The Morgan fingerprint density at radius 1 is 1.19 bits per heavy atom. The summed E-state index contributed by atoms with van der Waals surface area (Å²) in [5.74, 6) is -0.400. The highest BCUT2D eigenvalue weighted by molar-refractivity contribution is 6.30. The van der Waals surface area contributed by atoms with Gasteiger partial charge in [-0.15, -0.1) is 0 Å². The molecule has 0 amide bonds. The quantitative estimate of drug-likeness (QED) is 0.862. The zero-order valence-electron chi connectivity index (χ0n) is 11.6. The van der Waals surface area contributed by atoms with Crippen LogP contribution >= 0.6 is 11.6 Å². The van der Waals surface area contributed by atoms with E-state index in [2.05, 4.69) is 4.99 Å². The van der Waals surface area contributed by atoms with E-state index in [9.17, 15) is 14.7 Å². The molecule has 21 heavy (non-hydrogen) atoms. The van der Waals surface area contributed by atoms with Gasteiger partial charge in [0.1, 0.15) is 5.56 Å². The van der Waals surface area contributed by atoms with E-state index in [1.54, 1.807) is 12.1 Å². The van der Waals surface area contributed by atoms with E-state index >= 15 is 0 Å². The predicted octanol–water partition coefficient (Wildman–Crippen LogP) is 1.06. The maximum atomic E-state index is 11.9. The lowest BCUT2D eigenvalue weighted by molar-refractivity contribution is 0.410. The molecule has 0 spiro atoms. The standard InChI is InChI=1S/C14H14ClN3O3/c1-17-12(19)11(13(20)18(2)14(17)21)8-16-7-9-3-5-10(15)6-4-9/h3-6,8,19H,7H2,1-2H3. The molecule has 6 nitrogen and oxygen atoms in total. The SMILES string of the molecule is Cn1c(O)c(C=NCc2ccc(Cl)cc2)c(=O)n(C)c1=O. The first-order valence-electron chi connectivity index (χ1n) is 6.15. The van der Waals surface area contributed by atoms with Gasteiger partial charge in [-0.25, -0.2) is 4.79 Å². The Morgan fingerprint density at radius 2 is 1.81 bits per heavy atom. The first-order valence-corrected chi connectivity index (χ1v) is 6.53. The Bertz CT molecular complexity index is 804. The summed E-state index contributed by atoms with van der Waals surface area (Å²) in [6.07, 6.45) is 1.27. The van der Waals surface area contributed by atoms with Gasteiger partial charge in [-0.1, -0.05) is 23.7 Å². The molecular weight excluding hydrogens is 294 g/mol. The molecule has 0 fully saturated rings. The Hall–Kier alpha value is -2.34. The first kappa shape index (κ1) is 15.1. The molecule has 2 rings (SSSR count). The molecular formula is C14H14ClN3O3. The minimum Gasteiger partial charge on any atom is -0.494 e. The average Bonchev–Trinajstić information content (AvgIpc) is 2.48. The minimum absolute atomic E-state index is 0.0198. The molecule has 0 aliphatic rings. The average molecular weight is 308 g/mol. The molecule has 0 atom stereocenters. The second kappa shape index (κ2) is 5.97. The van der Waals surface area contributed by atoms with Crippen LogP contribution < -0.4 is 11.2 Å². The normalized spacial score (nSPS) is 11.2. The van der Waals surface area contributed by atoms with Gasteiger partial charge in [0.05, 0.1) is 6.54 Å². The molecule has 7 heteroatoms. The van der Waals surface area contributed by atoms with Crippen molar-refractivity contribution in [2.75, 3.05) is 0 Å². The van der Waals surface area contributed by atoms with Gasteiger partial charge in [-0.3, -0.25) is 18.9 Å². The lowest BCUT2D eigenvalue weighted by atomic mass is 10.2. The van der Waals surface area contributed by atoms with Crippen molar-refractivity contribution in [2.24, 2.45) is 19.1 Å². The van der Waals surface area contributed by atoms with E-state index in [1.807, 2.05) is 12.1 Å². The number of hydrogen-bond donors (Lipinski definition) is 1. The van der Waals surface area contributed by atoms with Crippen LogP contribution in [0.3, 0.4) is 0 Å². The zero-order chi connectivity index (χ0) is 15.6. The minimum atomic E-state index is -0.590. The summed E-state index contributed by atoms with van der Waals surface area (Å²) in [5.41, 5.74) is -0.284. The van der Waals surface area contributed by atoms with Crippen LogP contribution in [-0.4, -0.2) is 20.5 Å². The summed E-state index contributed by atoms with van der Waals surface area (Å²) < 4.78 is 1.91. The van der Waals surface area contributed by atoms with Crippen LogP contribution in [0.4, 0.5) is 0 Å². The van der Waals surface area contributed by atoms with Crippen molar-refractivity contribution in [3.05, 3.63) is 61.3 Å². The van der Waals surface area contributed by atoms with E-state index in [0.29, 0.717) is 11.6 Å². The Kier molecular flexibility index (Phi) is 4.28. The van der Waals surface area contributed by atoms with Gasteiger partial charge in [-0.2, -0.15) is 0 Å². The molecule has 0 unspecified atom stereocenters. The van der Waals surface area contributed by atoms with Gasteiger partial charge in [-0.05, 0) is 17.7 Å². The molecule has 110 valence electrons. The number of aromatic nitrogens is 2. The van der Waals surface area contributed by atoms with E-state index in [0.717, 1.165) is 14.7 Å². The van der Waals surface area contributed by atoms with Crippen LogP contribution in [0.1, 0.15) is 11.1 Å². The highest BCUT2D eigenvalue weighted by Crippen LogP contribution is 2.11. The van der Waals surface area contributed by atoms with Gasteiger partial charge < -0.3 is 5.11 Å². The van der Waals surface area contributed by atoms with E-state index in [-0.39, 0.29) is 5.56 Å². The molecule has 1 aromatic heterocycles. The fourth-order valence-corrected chi connectivity index (χ4v) is 1.93.